The molecular weight excluding hydrogens is 320 g/mol. The van der Waals surface area contributed by atoms with Gasteiger partial charge in [-0.1, -0.05) is 43.3 Å². The van der Waals surface area contributed by atoms with Crippen LogP contribution < -0.4 is 5.32 Å². The van der Waals surface area contributed by atoms with Crippen molar-refractivity contribution in [3.05, 3.63) is 36.2 Å². The van der Waals surface area contributed by atoms with E-state index < -0.39 is 0 Å². The highest BCUT2D eigenvalue weighted by molar-refractivity contribution is 7.99. The average molecular weight is 344 g/mol. The summed E-state index contributed by atoms with van der Waals surface area (Å²) < 4.78 is 1.93. The zero-order valence-electron chi connectivity index (χ0n) is 14.2. The van der Waals surface area contributed by atoms with Gasteiger partial charge in [0.1, 0.15) is 5.82 Å². The van der Waals surface area contributed by atoms with Gasteiger partial charge in [0.2, 0.25) is 11.1 Å². The van der Waals surface area contributed by atoms with Crippen LogP contribution in [0.4, 0.5) is 0 Å². The van der Waals surface area contributed by atoms with Gasteiger partial charge < -0.3 is 5.32 Å². The number of hydrogen-bond donors (Lipinski definition) is 1. The lowest BCUT2D eigenvalue weighted by Gasteiger charge is -2.11. The monoisotopic (exact) mass is 344 g/mol. The van der Waals surface area contributed by atoms with Crippen LogP contribution in [-0.2, 0) is 4.79 Å². The number of thioether (sulfide) groups is 1. The van der Waals surface area contributed by atoms with E-state index in [2.05, 4.69) is 22.3 Å². The third-order valence-corrected chi connectivity index (χ3v) is 4.86. The second-order valence-electron chi connectivity index (χ2n) is 6.32. The molecular formula is C18H24N4OS. The van der Waals surface area contributed by atoms with Crippen LogP contribution in [0.15, 0.2) is 35.5 Å². The van der Waals surface area contributed by atoms with E-state index in [4.69, 9.17) is 0 Å². The van der Waals surface area contributed by atoms with Crippen LogP contribution in [-0.4, -0.2) is 32.5 Å². The largest absolute Gasteiger partial charge is 0.353 e. The number of aromatic nitrogens is 3. The molecule has 1 aliphatic rings. The fraction of sp³-hybridized carbons (Fsp3) is 0.500. The summed E-state index contributed by atoms with van der Waals surface area (Å²) >= 11 is 1.41. The van der Waals surface area contributed by atoms with Gasteiger partial charge in [0.15, 0.2) is 0 Å². The summed E-state index contributed by atoms with van der Waals surface area (Å²) in [6.45, 7) is 4.16. The van der Waals surface area contributed by atoms with Gasteiger partial charge in [-0.3, -0.25) is 4.79 Å². The number of benzene rings is 1. The maximum Gasteiger partial charge on any atom is 0.230 e. The van der Waals surface area contributed by atoms with Gasteiger partial charge in [-0.15, -0.1) is 5.10 Å². The number of nitrogens with zero attached hydrogens (tertiary/aromatic N) is 3. The summed E-state index contributed by atoms with van der Waals surface area (Å²) in [7, 11) is 0. The van der Waals surface area contributed by atoms with Crippen molar-refractivity contribution in [3.8, 4) is 5.69 Å². The second kappa shape index (κ2) is 7.83. The standard InChI is InChI=1S/C18H24N4OS/c1-3-7-13(2)19-16(23)12-24-18-20-17(14-10-11-14)22(21-18)15-8-5-4-6-9-15/h4-6,8-9,13-14H,3,7,10-12H2,1-2H3,(H,19,23)/t13-/m1/s1. The van der Waals surface area contributed by atoms with Crippen LogP contribution in [0, 0.1) is 0 Å². The van der Waals surface area contributed by atoms with E-state index in [0.29, 0.717) is 16.8 Å². The van der Waals surface area contributed by atoms with Crippen LogP contribution in [0.1, 0.15) is 51.3 Å². The maximum absolute atomic E-state index is 12.0. The maximum atomic E-state index is 12.0. The number of nitrogens with one attached hydrogen (secondary N) is 1. The molecule has 1 N–H and O–H groups in total. The number of amides is 1. The lowest BCUT2D eigenvalue weighted by atomic mass is 10.2. The first-order valence-electron chi connectivity index (χ1n) is 8.62. The summed E-state index contributed by atoms with van der Waals surface area (Å²) in [6, 6.07) is 10.3. The molecule has 0 aliphatic heterocycles. The van der Waals surface area contributed by atoms with E-state index >= 15 is 0 Å². The summed E-state index contributed by atoms with van der Waals surface area (Å²) in [5, 5.41) is 8.31. The summed E-state index contributed by atoms with van der Waals surface area (Å²) in [5.41, 5.74) is 1.03. The SMILES string of the molecule is CCC[C@@H](C)NC(=O)CSc1nc(C2CC2)n(-c2ccccc2)n1. The Morgan fingerprint density at radius 3 is 2.79 bits per heavy atom. The summed E-state index contributed by atoms with van der Waals surface area (Å²) in [6.07, 6.45) is 4.42. The molecule has 3 rings (SSSR count). The van der Waals surface area contributed by atoms with Crippen molar-refractivity contribution in [3.63, 3.8) is 0 Å². The Morgan fingerprint density at radius 1 is 1.38 bits per heavy atom. The van der Waals surface area contributed by atoms with Crippen LogP contribution in [0.3, 0.4) is 0 Å². The summed E-state index contributed by atoms with van der Waals surface area (Å²) in [5.74, 6) is 1.93. The summed E-state index contributed by atoms with van der Waals surface area (Å²) in [4.78, 5) is 16.7. The lowest BCUT2D eigenvalue weighted by molar-refractivity contribution is -0.119. The van der Waals surface area contributed by atoms with E-state index in [-0.39, 0.29) is 11.9 Å². The third-order valence-electron chi connectivity index (χ3n) is 4.02. The molecule has 128 valence electrons. The van der Waals surface area contributed by atoms with Crippen LogP contribution >= 0.6 is 11.8 Å². The zero-order valence-corrected chi connectivity index (χ0v) is 15.1. The topological polar surface area (TPSA) is 59.8 Å². The quantitative estimate of drug-likeness (QED) is 0.744. The Kier molecular flexibility index (Phi) is 5.56. The van der Waals surface area contributed by atoms with Crippen molar-refractivity contribution in [2.75, 3.05) is 5.75 Å². The molecule has 6 heteroatoms. The van der Waals surface area contributed by atoms with E-state index in [1.807, 2.05) is 41.9 Å². The fourth-order valence-corrected chi connectivity index (χ4v) is 3.32. The first-order valence-corrected chi connectivity index (χ1v) is 9.60. The van der Waals surface area contributed by atoms with Crippen molar-refractivity contribution in [2.45, 2.75) is 56.6 Å². The van der Waals surface area contributed by atoms with Crippen molar-refractivity contribution < 1.29 is 4.79 Å². The molecule has 0 saturated heterocycles. The highest BCUT2D eigenvalue weighted by Crippen LogP contribution is 2.40. The van der Waals surface area contributed by atoms with E-state index in [9.17, 15) is 4.79 Å². The molecule has 0 radical (unpaired) electrons. The molecule has 1 heterocycles. The number of rotatable bonds is 8. The van der Waals surface area contributed by atoms with E-state index in [1.165, 1.54) is 24.6 Å². The molecule has 1 saturated carbocycles. The minimum absolute atomic E-state index is 0.0463. The molecule has 1 aromatic heterocycles. The second-order valence-corrected chi connectivity index (χ2v) is 7.26. The highest BCUT2D eigenvalue weighted by atomic mass is 32.2. The van der Waals surface area contributed by atoms with Crippen molar-refractivity contribution in [1.29, 1.82) is 0 Å². The number of carbonyl (C=O) groups is 1. The van der Waals surface area contributed by atoms with Gasteiger partial charge in [-0.2, -0.15) is 0 Å². The molecule has 0 bridgehead atoms. The van der Waals surface area contributed by atoms with Gasteiger partial charge in [0.25, 0.3) is 0 Å². The Labute approximate surface area is 147 Å². The van der Waals surface area contributed by atoms with Gasteiger partial charge in [-0.25, -0.2) is 9.67 Å². The molecule has 1 fully saturated rings. The molecule has 1 aliphatic carbocycles. The van der Waals surface area contributed by atoms with Crippen LogP contribution in [0.5, 0.6) is 0 Å². The predicted molar refractivity (Wildman–Crippen MR) is 96.6 cm³/mol. The van der Waals surface area contributed by atoms with Crippen LogP contribution in [0.2, 0.25) is 0 Å². The number of hydrogen-bond acceptors (Lipinski definition) is 4. The third kappa shape index (κ3) is 4.38. The Hall–Kier alpha value is -1.82. The lowest BCUT2D eigenvalue weighted by Crippen LogP contribution is -2.33. The molecule has 2 aromatic rings. The minimum atomic E-state index is 0.0463. The smallest absolute Gasteiger partial charge is 0.230 e. The fourth-order valence-electron chi connectivity index (χ4n) is 2.68. The number of carbonyl (C=O) groups excluding carboxylic acids is 1. The van der Waals surface area contributed by atoms with Crippen molar-refractivity contribution >= 4 is 17.7 Å². The van der Waals surface area contributed by atoms with Gasteiger partial charge in [0.05, 0.1) is 11.4 Å². The van der Waals surface area contributed by atoms with E-state index in [0.717, 1.165) is 24.4 Å². The Bertz CT molecular complexity index is 682. The zero-order chi connectivity index (χ0) is 16.9. The molecule has 0 spiro atoms. The molecule has 5 nitrogen and oxygen atoms in total. The molecule has 1 atom stereocenters. The van der Waals surface area contributed by atoms with Gasteiger partial charge in [-0.05, 0) is 38.3 Å². The first kappa shape index (κ1) is 17.0. The molecule has 1 aromatic carbocycles. The minimum Gasteiger partial charge on any atom is -0.353 e. The van der Waals surface area contributed by atoms with Gasteiger partial charge in [0, 0.05) is 12.0 Å². The van der Waals surface area contributed by atoms with Gasteiger partial charge >= 0.3 is 0 Å². The van der Waals surface area contributed by atoms with Crippen molar-refractivity contribution in [1.82, 2.24) is 20.1 Å². The molecule has 1 amide bonds. The Balaban J connectivity index is 1.65. The first-order chi connectivity index (χ1) is 11.7. The molecule has 24 heavy (non-hydrogen) atoms. The molecule has 0 unspecified atom stereocenters. The normalized spacial score (nSPS) is 15.2. The van der Waals surface area contributed by atoms with Crippen molar-refractivity contribution in [2.24, 2.45) is 0 Å². The highest BCUT2D eigenvalue weighted by Gasteiger charge is 2.30. The van der Waals surface area contributed by atoms with E-state index in [1.54, 1.807) is 0 Å². The average Bonchev–Trinajstić information content (AvgIpc) is 3.33. The predicted octanol–water partition coefficient (Wildman–Crippen LogP) is 3.54. The van der Waals surface area contributed by atoms with Crippen LogP contribution in [0.25, 0.3) is 5.69 Å². The Morgan fingerprint density at radius 2 is 2.12 bits per heavy atom. The number of para-hydroxylation sites is 1.